The lowest BCUT2D eigenvalue weighted by Crippen LogP contribution is -2.21. The Bertz CT molecular complexity index is 513. The van der Waals surface area contributed by atoms with Crippen molar-refractivity contribution in [2.24, 2.45) is 0 Å². The molecule has 1 rings (SSSR count). The van der Waals surface area contributed by atoms with Gasteiger partial charge in [0.05, 0.1) is 0 Å². The van der Waals surface area contributed by atoms with Gasteiger partial charge < -0.3 is 10.6 Å². The van der Waals surface area contributed by atoms with Crippen molar-refractivity contribution in [3.63, 3.8) is 0 Å². The first kappa shape index (κ1) is 14.8. The molecule has 19 heavy (non-hydrogen) atoms. The molecule has 2 N–H and O–H groups in total. The van der Waals surface area contributed by atoms with Gasteiger partial charge in [0.1, 0.15) is 0 Å². The fourth-order valence-electron chi connectivity index (χ4n) is 1.54. The Labute approximate surface area is 114 Å². The van der Waals surface area contributed by atoms with Gasteiger partial charge in [0.2, 0.25) is 0 Å². The Morgan fingerprint density at radius 3 is 2.63 bits per heavy atom. The van der Waals surface area contributed by atoms with Crippen molar-refractivity contribution in [3.05, 3.63) is 65.9 Å². The highest BCUT2D eigenvalue weighted by atomic mass is 16.1. The molecule has 0 aliphatic rings. The van der Waals surface area contributed by atoms with Crippen LogP contribution in [0.5, 0.6) is 0 Å². The normalized spacial score (nSPS) is 12.1. The molecule has 0 heterocycles. The van der Waals surface area contributed by atoms with Gasteiger partial charge >= 0.3 is 0 Å². The SMILES string of the molecule is C\C=C/C=C(\C=C/C)NC(=O)c1cccc(NC)c1. The molecule has 0 fully saturated rings. The monoisotopic (exact) mass is 256 g/mol. The molecule has 1 aromatic carbocycles. The van der Waals surface area contributed by atoms with Crippen LogP contribution >= 0.6 is 0 Å². The average Bonchev–Trinajstić information content (AvgIpc) is 2.45. The maximum atomic E-state index is 12.1. The average molecular weight is 256 g/mol. The summed E-state index contributed by atoms with van der Waals surface area (Å²) >= 11 is 0. The summed E-state index contributed by atoms with van der Waals surface area (Å²) in [6.45, 7) is 3.85. The second kappa shape index (κ2) is 7.93. The number of amides is 1. The van der Waals surface area contributed by atoms with Crippen LogP contribution in [0.15, 0.2) is 60.3 Å². The predicted molar refractivity (Wildman–Crippen MR) is 81.2 cm³/mol. The zero-order chi connectivity index (χ0) is 14.1. The highest BCUT2D eigenvalue weighted by Crippen LogP contribution is 2.10. The van der Waals surface area contributed by atoms with Crippen molar-refractivity contribution < 1.29 is 4.79 Å². The second-order valence-electron chi connectivity index (χ2n) is 3.93. The van der Waals surface area contributed by atoms with Crippen LogP contribution in [0, 0.1) is 0 Å². The Morgan fingerprint density at radius 1 is 1.21 bits per heavy atom. The molecule has 0 radical (unpaired) electrons. The van der Waals surface area contributed by atoms with Gasteiger partial charge in [-0.1, -0.05) is 24.3 Å². The summed E-state index contributed by atoms with van der Waals surface area (Å²) in [5.41, 5.74) is 2.31. The molecule has 100 valence electrons. The van der Waals surface area contributed by atoms with E-state index in [0.717, 1.165) is 11.4 Å². The molecule has 3 nitrogen and oxygen atoms in total. The molecule has 3 heteroatoms. The first-order chi connectivity index (χ1) is 9.21. The van der Waals surface area contributed by atoms with Gasteiger partial charge in [-0.05, 0) is 44.2 Å². The fourth-order valence-corrected chi connectivity index (χ4v) is 1.54. The molecule has 0 aliphatic heterocycles. The summed E-state index contributed by atoms with van der Waals surface area (Å²) in [5, 5.41) is 5.89. The van der Waals surface area contributed by atoms with Crippen LogP contribution in [-0.4, -0.2) is 13.0 Å². The van der Waals surface area contributed by atoms with E-state index in [4.69, 9.17) is 0 Å². The minimum atomic E-state index is -0.119. The van der Waals surface area contributed by atoms with E-state index in [0.29, 0.717) is 5.56 Å². The molecular formula is C16H20N2O. The standard InChI is InChI=1S/C16H20N2O/c1-4-6-10-14(8-5-2)18-16(19)13-9-7-11-15(12-13)17-3/h4-12,17H,1-3H3,(H,18,19)/b6-4-,8-5-,14-10+. The number of benzene rings is 1. The quantitative estimate of drug-likeness (QED) is 0.792. The maximum absolute atomic E-state index is 12.1. The minimum Gasteiger partial charge on any atom is -0.388 e. The molecule has 0 saturated carbocycles. The third kappa shape index (κ3) is 4.84. The van der Waals surface area contributed by atoms with Gasteiger partial charge in [-0.3, -0.25) is 4.79 Å². The smallest absolute Gasteiger partial charge is 0.255 e. The van der Waals surface area contributed by atoms with Crippen LogP contribution in [0.2, 0.25) is 0 Å². The van der Waals surface area contributed by atoms with Gasteiger partial charge in [0, 0.05) is 24.0 Å². The van der Waals surface area contributed by atoms with Crippen molar-refractivity contribution in [1.82, 2.24) is 5.32 Å². The van der Waals surface area contributed by atoms with E-state index in [2.05, 4.69) is 10.6 Å². The lowest BCUT2D eigenvalue weighted by Gasteiger charge is -2.07. The van der Waals surface area contributed by atoms with Crippen LogP contribution in [0.3, 0.4) is 0 Å². The molecule has 0 aromatic heterocycles. The third-order valence-corrected chi connectivity index (χ3v) is 2.49. The number of anilines is 1. The summed E-state index contributed by atoms with van der Waals surface area (Å²) in [6.07, 6.45) is 9.41. The lowest BCUT2D eigenvalue weighted by molar-refractivity contribution is 0.0967. The summed E-state index contributed by atoms with van der Waals surface area (Å²) in [6, 6.07) is 7.38. The van der Waals surface area contributed by atoms with E-state index in [9.17, 15) is 4.79 Å². The van der Waals surface area contributed by atoms with Crippen LogP contribution < -0.4 is 10.6 Å². The van der Waals surface area contributed by atoms with Crippen molar-refractivity contribution in [2.45, 2.75) is 13.8 Å². The number of nitrogens with one attached hydrogen (secondary N) is 2. The Balaban J connectivity index is 2.87. The Kier molecular flexibility index (Phi) is 6.16. The van der Waals surface area contributed by atoms with Crippen LogP contribution in [0.25, 0.3) is 0 Å². The Hall–Kier alpha value is -2.29. The molecular weight excluding hydrogens is 236 g/mol. The van der Waals surface area contributed by atoms with Gasteiger partial charge in [0.15, 0.2) is 0 Å². The minimum absolute atomic E-state index is 0.119. The number of hydrogen-bond donors (Lipinski definition) is 2. The summed E-state index contributed by atoms with van der Waals surface area (Å²) in [7, 11) is 1.83. The van der Waals surface area contributed by atoms with Gasteiger partial charge in [-0.25, -0.2) is 0 Å². The van der Waals surface area contributed by atoms with Crippen LogP contribution in [0.4, 0.5) is 5.69 Å². The van der Waals surface area contributed by atoms with Crippen molar-refractivity contribution >= 4 is 11.6 Å². The third-order valence-electron chi connectivity index (χ3n) is 2.49. The van der Waals surface area contributed by atoms with E-state index in [1.807, 2.05) is 69.5 Å². The topological polar surface area (TPSA) is 41.1 Å². The first-order valence-electron chi connectivity index (χ1n) is 6.26. The number of carbonyl (C=O) groups is 1. The number of carbonyl (C=O) groups excluding carboxylic acids is 1. The van der Waals surface area contributed by atoms with E-state index < -0.39 is 0 Å². The second-order valence-corrected chi connectivity index (χ2v) is 3.93. The molecule has 1 aromatic rings. The Morgan fingerprint density at radius 2 is 2.00 bits per heavy atom. The largest absolute Gasteiger partial charge is 0.388 e. The number of rotatable bonds is 5. The van der Waals surface area contributed by atoms with Gasteiger partial charge in [-0.2, -0.15) is 0 Å². The van der Waals surface area contributed by atoms with E-state index in [1.165, 1.54) is 0 Å². The van der Waals surface area contributed by atoms with E-state index in [-0.39, 0.29) is 5.91 Å². The molecule has 0 bridgehead atoms. The van der Waals surface area contributed by atoms with Crippen molar-refractivity contribution in [3.8, 4) is 0 Å². The van der Waals surface area contributed by atoms with E-state index >= 15 is 0 Å². The summed E-state index contributed by atoms with van der Waals surface area (Å²) in [5.74, 6) is -0.119. The van der Waals surface area contributed by atoms with Gasteiger partial charge in [0.25, 0.3) is 5.91 Å². The molecule has 0 spiro atoms. The maximum Gasteiger partial charge on any atom is 0.255 e. The van der Waals surface area contributed by atoms with Crippen LogP contribution in [0.1, 0.15) is 24.2 Å². The predicted octanol–water partition coefficient (Wildman–Crippen LogP) is 3.49. The summed E-state index contributed by atoms with van der Waals surface area (Å²) < 4.78 is 0. The van der Waals surface area contributed by atoms with Crippen molar-refractivity contribution in [2.75, 3.05) is 12.4 Å². The van der Waals surface area contributed by atoms with Crippen LogP contribution in [-0.2, 0) is 0 Å². The fraction of sp³-hybridized carbons (Fsp3) is 0.188. The highest BCUT2D eigenvalue weighted by Gasteiger charge is 2.06. The number of allylic oxidation sites excluding steroid dienone is 5. The van der Waals surface area contributed by atoms with E-state index in [1.54, 1.807) is 6.07 Å². The molecule has 1 amide bonds. The molecule has 0 saturated heterocycles. The van der Waals surface area contributed by atoms with Gasteiger partial charge in [-0.15, -0.1) is 0 Å². The number of hydrogen-bond acceptors (Lipinski definition) is 2. The molecule has 0 aliphatic carbocycles. The summed E-state index contributed by atoms with van der Waals surface area (Å²) in [4.78, 5) is 12.1. The zero-order valence-electron chi connectivity index (χ0n) is 11.6. The zero-order valence-corrected chi connectivity index (χ0v) is 11.6. The highest BCUT2D eigenvalue weighted by molar-refractivity contribution is 5.96. The molecule has 0 unspecified atom stereocenters. The molecule has 0 atom stereocenters. The lowest BCUT2D eigenvalue weighted by atomic mass is 10.2. The van der Waals surface area contributed by atoms with Crippen molar-refractivity contribution in [1.29, 1.82) is 0 Å². The first-order valence-corrected chi connectivity index (χ1v) is 6.26.